The Bertz CT molecular complexity index is 1090. The number of amides is 1. The zero-order valence-electron chi connectivity index (χ0n) is 19.5. The van der Waals surface area contributed by atoms with Crippen LogP contribution in [0.2, 0.25) is 0 Å². The lowest BCUT2D eigenvalue weighted by Gasteiger charge is -2.12. The number of benzene rings is 2. The first-order valence-electron chi connectivity index (χ1n) is 10.7. The summed E-state index contributed by atoms with van der Waals surface area (Å²) in [5.74, 6) is 2.50. The summed E-state index contributed by atoms with van der Waals surface area (Å²) in [6.45, 7) is 10.8. The molecule has 0 saturated carbocycles. The molecule has 0 atom stereocenters. The van der Waals surface area contributed by atoms with Crippen molar-refractivity contribution in [1.29, 1.82) is 0 Å². The Morgan fingerprint density at radius 2 is 1.94 bits per heavy atom. The Morgan fingerprint density at radius 3 is 2.61 bits per heavy atom. The zero-order chi connectivity index (χ0) is 23.8. The van der Waals surface area contributed by atoms with Gasteiger partial charge in [-0.2, -0.15) is 0 Å². The number of nitrogens with one attached hydrogen (secondary N) is 1. The number of hydrogen-bond donors (Lipinski definition) is 1. The van der Waals surface area contributed by atoms with Crippen LogP contribution in [0, 0.1) is 6.92 Å². The molecule has 0 bridgehead atoms. The Morgan fingerprint density at radius 1 is 1.18 bits per heavy atom. The summed E-state index contributed by atoms with van der Waals surface area (Å²) in [6, 6.07) is 13.7. The average molecular weight is 467 g/mol. The first-order chi connectivity index (χ1) is 15.9. The smallest absolute Gasteiger partial charge is 0.234 e. The molecular formula is C25H30N4O3S. The number of allylic oxidation sites excluding steroid dienone is 1. The maximum Gasteiger partial charge on any atom is 0.234 e. The number of nitrogens with zero attached hydrogens (tertiary/aromatic N) is 3. The van der Waals surface area contributed by atoms with E-state index in [0.717, 1.165) is 11.3 Å². The van der Waals surface area contributed by atoms with Gasteiger partial charge in [0.25, 0.3) is 0 Å². The van der Waals surface area contributed by atoms with Crippen molar-refractivity contribution >= 4 is 23.4 Å². The summed E-state index contributed by atoms with van der Waals surface area (Å²) < 4.78 is 13.2. The summed E-state index contributed by atoms with van der Waals surface area (Å²) in [7, 11) is 1.61. The van der Waals surface area contributed by atoms with Crippen molar-refractivity contribution in [3.63, 3.8) is 0 Å². The Kier molecular flexibility index (Phi) is 8.54. The van der Waals surface area contributed by atoms with Gasteiger partial charge in [0.05, 0.1) is 12.9 Å². The molecule has 8 heteroatoms. The SMILES string of the molecule is C=CCn1c(COc2ccc(C)cc2OC)nnc1SCC(=O)Nc1ccc(C(C)C)cc1. The molecule has 174 valence electrons. The molecule has 0 saturated heterocycles. The van der Waals surface area contributed by atoms with Gasteiger partial charge in [0, 0.05) is 12.2 Å². The van der Waals surface area contributed by atoms with Gasteiger partial charge in [0.1, 0.15) is 6.61 Å². The standard InChI is InChI=1S/C25H30N4O3S/c1-6-13-29-23(15-32-21-12-7-18(4)14-22(21)31-5)27-28-25(29)33-16-24(30)26-20-10-8-19(9-11-20)17(2)3/h6-12,14,17H,1,13,15-16H2,2-5H3,(H,26,30). The van der Waals surface area contributed by atoms with E-state index in [9.17, 15) is 4.79 Å². The van der Waals surface area contributed by atoms with Crippen LogP contribution in [0.5, 0.6) is 11.5 Å². The van der Waals surface area contributed by atoms with Gasteiger partial charge in [-0.1, -0.05) is 49.9 Å². The van der Waals surface area contributed by atoms with Crippen LogP contribution in [-0.2, 0) is 17.9 Å². The second-order valence-corrected chi connectivity index (χ2v) is 8.80. The molecule has 0 radical (unpaired) electrons. The molecule has 0 fully saturated rings. The van der Waals surface area contributed by atoms with Crippen LogP contribution in [0.25, 0.3) is 0 Å². The third kappa shape index (κ3) is 6.61. The van der Waals surface area contributed by atoms with Crippen molar-refractivity contribution in [1.82, 2.24) is 14.8 Å². The molecular weight excluding hydrogens is 436 g/mol. The first kappa shape index (κ1) is 24.4. The van der Waals surface area contributed by atoms with Crippen molar-refractivity contribution < 1.29 is 14.3 Å². The first-order valence-corrected chi connectivity index (χ1v) is 11.7. The van der Waals surface area contributed by atoms with Crippen molar-refractivity contribution in [3.8, 4) is 11.5 Å². The van der Waals surface area contributed by atoms with Crippen LogP contribution in [0.15, 0.2) is 60.3 Å². The molecule has 2 aromatic carbocycles. The van der Waals surface area contributed by atoms with Crippen LogP contribution >= 0.6 is 11.8 Å². The third-order valence-electron chi connectivity index (χ3n) is 4.97. The maximum absolute atomic E-state index is 12.4. The molecule has 0 aliphatic carbocycles. The highest BCUT2D eigenvalue weighted by Crippen LogP contribution is 2.29. The van der Waals surface area contributed by atoms with E-state index in [4.69, 9.17) is 9.47 Å². The number of thioether (sulfide) groups is 1. The fourth-order valence-corrected chi connectivity index (χ4v) is 3.93. The maximum atomic E-state index is 12.4. The quantitative estimate of drug-likeness (QED) is 0.309. The summed E-state index contributed by atoms with van der Waals surface area (Å²) in [6.07, 6.45) is 1.76. The topological polar surface area (TPSA) is 78.3 Å². The zero-order valence-corrected chi connectivity index (χ0v) is 20.3. The molecule has 1 aromatic heterocycles. The molecule has 3 aromatic rings. The minimum atomic E-state index is -0.104. The average Bonchev–Trinajstić information content (AvgIpc) is 3.18. The summed E-state index contributed by atoms with van der Waals surface area (Å²) >= 11 is 1.32. The van der Waals surface area contributed by atoms with Gasteiger partial charge < -0.3 is 14.8 Å². The van der Waals surface area contributed by atoms with Gasteiger partial charge in [-0.25, -0.2) is 0 Å². The third-order valence-corrected chi connectivity index (χ3v) is 5.94. The van der Waals surface area contributed by atoms with Gasteiger partial charge in [-0.3, -0.25) is 9.36 Å². The van der Waals surface area contributed by atoms with Crippen molar-refractivity contribution in [2.75, 3.05) is 18.2 Å². The number of rotatable bonds is 11. The van der Waals surface area contributed by atoms with Gasteiger partial charge >= 0.3 is 0 Å². The minimum Gasteiger partial charge on any atom is -0.493 e. The van der Waals surface area contributed by atoms with E-state index < -0.39 is 0 Å². The molecule has 7 nitrogen and oxygen atoms in total. The lowest BCUT2D eigenvalue weighted by molar-refractivity contribution is -0.113. The summed E-state index contributed by atoms with van der Waals surface area (Å²) in [4.78, 5) is 12.4. The number of carbonyl (C=O) groups excluding carboxylic acids is 1. The Labute approximate surface area is 199 Å². The van der Waals surface area contributed by atoms with Gasteiger partial charge in [0.15, 0.2) is 22.5 Å². The highest BCUT2D eigenvalue weighted by atomic mass is 32.2. The number of carbonyl (C=O) groups is 1. The highest BCUT2D eigenvalue weighted by Gasteiger charge is 2.15. The van der Waals surface area contributed by atoms with E-state index in [0.29, 0.717) is 34.9 Å². The molecule has 3 rings (SSSR count). The fourth-order valence-electron chi connectivity index (χ4n) is 3.16. The van der Waals surface area contributed by atoms with E-state index in [2.05, 4.69) is 35.9 Å². The van der Waals surface area contributed by atoms with E-state index in [1.165, 1.54) is 17.3 Å². The number of anilines is 1. The van der Waals surface area contributed by atoms with Gasteiger partial charge in [-0.05, 0) is 48.2 Å². The van der Waals surface area contributed by atoms with Crippen molar-refractivity contribution in [2.24, 2.45) is 0 Å². The number of hydrogen-bond acceptors (Lipinski definition) is 6. The molecule has 33 heavy (non-hydrogen) atoms. The predicted molar refractivity (Wildman–Crippen MR) is 132 cm³/mol. The number of aryl methyl sites for hydroxylation is 1. The Hall–Kier alpha value is -3.26. The second-order valence-electron chi connectivity index (χ2n) is 7.85. The fraction of sp³-hybridized carbons (Fsp3) is 0.320. The number of methoxy groups -OCH3 is 1. The van der Waals surface area contributed by atoms with Crippen molar-refractivity contribution in [2.45, 2.75) is 45.0 Å². The number of ether oxygens (including phenoxy) is 2. The van der Waals surface area contributed by atoms with Crippen LogP contribution in [0.3, 0.4) is 0 Å². The van der Waals surface area contributed by atoms with Crippen LogP contribution in [0.4, 0.5) is 5.69 Å². The van der Waals surface area contributed by atoms with E-state index >= 15 is 0 Å². The van der Waals surface area contributed by atoms with Gasteiger partial charge in [-0.15, -0.1) is 16.8 Å². The minimum absolute atomic E-state index is 0.104. The summed E-state index contributed by atoms with van der Waals surface area (Å²) in [5, 5.41) is 12.1. The van der Waals surface area contributed by atoms with E-state index in [1.54, 1.807) is 13.2 Å². The van der Waals surface area contributed by atoms with Crippen LogP contribution < -0.4 is 14.8 Å². The largest absolute Gasteiger partial charge is 0.493 e. The Balaban J connectivity index is 1.61. The monoisotopic (exact) mass is 466 g/mol. The molecule has 0 aliphatic heterocycles. The molecule has 1 amide bonds. The molecule has 1 heterocycles. The van der Waals surface area contributed by atoms with Crippen molar-refractivity contribution in [3.05, 3.63) is 72.1 Å². The molecule has 0 aliphatic rings. The molecule has 0 unspecified atom stereocenters. The normalized spacial score (nSPS) is 10.8. The lowest BCUT2D eigenvalue weighted by Crippen LogP contribution is -2.15. The van der Waals surface area contributed by atoms with E-state index in [-0.39, 0.29) is 18.3 Å². The predicted octanol–water partition coefficient (Wildman–Crippen LogP) is 5.21. The van der Waals surface area contributed by atoms with Crippen LogP contribution in [0.1, 0.15) is 36.7 Å². The van der Waals surface area contributed by atoms with Crippen LogP contribution in [-0.4, -0.2) is 33.5 Å². The van der Waals surface area contributed by atoms with Gasteiger partial charge in [0.2, 0.25) is 5.91 Å². The summed E-state index contributed by atoms with van der Waals surface area (Å²) in [5.41, 5.74) is 3.10. The molecule has 0 spiro atoms. The highest BCUT2D eigenvalue weighted by molar-refractivity contribution is 7.99. The van der Waals surface area contributed by atoms with E-state index in [1.807, 2.05) is 54.0 Å². The molecule has 1 N–H and O–H groups in total. The second kappa shape index (κ2) is 11.6. The number of aromatic nitrogens is 3. The lowest BCUT2D eigenvalue weighted by atomic mass is 10.0.